The van der Waals surface area contributed by atoms with Crippen molar-refractivity contribution in [1.29, 1.82) is 0 Å². The van der Waals surface area contributed by atoms with Crippen molar-refractivity contribution >= 4 is 0 Å². The van der Waals surface area contributed by atoms with Crippen molar-refractivity contribution < 1.29 is 10.2 Å². The molecule has 3 aliphatic rings. The number of rotatable bonds is 0. The molecule has 2 nitrogen and oxygen atoms in total. The lowest BCUT2D eigenvalue weighted by atomic mass is 9.55. The van der Waals surface area contributed by atoms with E-state index >= 15 is 0 Å². The molecule has 3 aliphatic carbocycles. The minimum absolute atomic E-state index is 0.0919. The highest BCUT2D eigenvalue weighted by Gasteiger charge is 2.54. The molecule has 4 rings (SSSR count). The van der Waals surface area contributed by atoms with E-state index < -0.39 is 0 Å². The van der Waals surface area contributed by atoms with Gasteiger partial charge in [0, 0.05) is 0 Å². The predicted octanol–water partition coefficient (Wildman–Crippen LogP) is 3.92. The van der Waals surface area contributed by atoms with Gasteiger partial charge in [-0.2, -0.15) is 0 Å². The second-order valence-electron chi connectivity index (χ2n) is 7.89. The van der Waals surface area contributed by atoms with Crippen molar-refractivity contribution in [2.24, 2.45) is 17.3 Å². The molecule has 1 aromatic carbocycles. The van der Waals surface area contributed by atoms with Crippen LogP contribution in [0.1, 0.15) is 61.6 Å². The molecule has 0 saturated heterocycles. The van der Waals surface area contributed by atoms with E-state index in [1.54, 1.807) is 0 Å². The van der Waals surface area contributed by atoms with Gasteiger partial charge in [0.05, 0.1) is 6.10 Å². The second-order valence-corrected chi connectivity index (χ2v) is 7.89. The Labute approximate surface area is 127 Å². The third-order valence-electron chi connectivity index (χ3n) is 6.96. The van der Waals surface area contributed by atoms with Crippen LogP contribution in [0, 0.1) is 24.2 Å². The van der Waals surface area contributed by atoms with Crippen molar-refractivity contribution in [2.75, 3.05) is 0 Å². The Bertz CT molecular complexity index is 579. The van der Waals surface area contributed by atoms with Crippen molar-refractivity contribution in [3.8, 4) is 5.75 Å². The van der Waals surface area contributed by atoms with E-state index in [9.17, 15) is 10.2 Å². The highest BCUT2D eigenvalue weighted by atomic mass is 16.3. The fraction of sp³-hybridized carbons (Fsp3) is 0.684. The van der Waals surface area contributed by atoms with Gasteiger partial charge in [0.15, 0.2) is 0 Å². The summed E-state index contributed by atoms with van der Waals surface area (Å²) in [6.45, 7) is 4.48. The van der Waals surface area contributed by atoms with Crippen LogP contribution in [0.2, 0.25) is 0 Å². The van der Waals surface area contributed by atoms with Crippen molar-refractivity contribution in [2.45, 2.75) is 64.4 Å². The first-order chi connectivity index (χ1) is 10.0. The SMILES string of the molecule is Cc1cc(O)cc2c1[C@@H]1CC[C@@]3(C)[C@H](CC[C@@H]3O)[C@@H]1CC2. The number of phenolic OH excluding ortho intramolecular Hbond substituents is 1. The molecule has 5 atom stereocenters. The smallest absolute Gasteiger partial charge is 0.116 e. The van der Waals surface area contributed by atoms with Gasteiger partial charge in [-0.15, -0.1) is 0 Å². The number of phenols is 1. The van der Waals surface area contributed by atoms with E-state index in [-0.39, 0.29) is 11.5 Å². The predicted molar refractivity (Wildman–Crippen MR) is 83.5 cm³/mol. The number of aromatic hydroxyl groups is 1. The van der Waals surface area contributed by atoms with Crippen molar-refractivity contribution in [3.63, 3.8) is 0 Å². The molecule has 21 heavy (non-hydrogen) atoms. The molecule has 2 heteroatoms. The number of fused-ring (bicyclic) bond motifs is 5. The second kappa shape index (κ2) is 4.49. The van der Waals surface area contributed by atoms with E-state index in [1.807, 2.05) is 12.1 Å². The van der Waals surface area contributed by atoms with Crippen LogP contribution in [0.25, 0.3) is 0 Å². The standard InChI is InChI=1S/C19H26O2/c1-11-9-13(20)10-12-3-4-14-15(18(11)12)7-8-19(2)16(14)5-6-17(19)21/h9-10,14-17,20-21H,3-8H2,1-2H3/t14-,15-,16-,17+,19+/m1/s1. The number of aliphatic hydroxyl groups excluding tert-OH is 1. The van der Waals surface area contributed by atoms with Gasteiger partial charge < -0.3 is 10.2 Å². The van der Waals surface area contributed by atoms with Gasteiger partial charge in [-0.3, -0.25) is 0 Å². The van der Waals surface area contributed by atoms with E-state index in [0.29, 0.717) is 17.6 Å². The van der Waals surface area contributed by atoms with Crippen LogP contribution < -0.4 is 0 Å². The first-order valence-corrected chi connectivity index (χ1v) is 8.51. The Hall–Kier alpha value is -1.02. The Morgan fingerprint density at radius 2 is 1.95 bits per heavy atom. The van der Waals surface area contributed by atoms with Gasteiger partial charge in [0.25, 0.3) is 0 Å². The fourth-order valence-electron chi connectivity index (χ4n) is 5.93. The number of hydrogen-bond acceptors (Lipinski definition) is 2. The fourth-order valence-corrected chi connectivity index (χ4v) is 5.93. The molecule has 0 bridgehead atoms. The molecule has 1 aromatic rings. The molecule has 0 heterocycles. The zero-order valence-corrected chi connectivity index (χ0v) is 13.1. The van der Waals surface area contributed by atoms with Gasteiger partial charge in [0.2, 0.25) is 0 Å². The molecule has 114 valence electrons. The minimum atomic E-state index is -0.0919. The summed E-state index contributed by atoms with van der Waals surface area (Å²) >= 11 is 0. The number of aliphatic hydroxyl groups is 1. The maximum atomic E-state index is 10.4. The van der Waals surface area contributed by atoms with Crippen LogP contribution in [-0.4, -0.2) is 16.3 Å². The van der Waals surface area contributed by atoms with Crippen LogP contribution in [-0.2, 0) is 6.42 Å². The summed E-state index contributed by atoms with van der Waals surface area (Å²) in [5.41, 5.74) is 4.31. The van der Waals surface area contributed by atoms with Gasteiger partial charge in [0.1, 0.15) is 5.75 Å². The summed E-state index contributed by atoms with van der Waals surface area (Å²) in [6, 6.07) is 3.91. The maximum Gasteiger partial charge on any atom is 0.116 e. The third-order valence-corrected chi connectivity index (χ3v) is 6.96. The van der Waals surface area contributed by atoms with Crippen molar-refractivity contribution in [1.82, 2.24) is 0 Å². The molecular weight excluding hydrogens is 260 g/mol. The molecule has 0 aliphatic heterocycles. The largest absolute Gasteiger partial charge is 0.508 e. The molecule has 0 aromatic heterocycles. The first kappa shape index (κ1) is 13.6. The molecule has 2 saturated carbocycles. The van der Waals surface area contributed by atoms with Gasteiger partial charge in [-0.05, 0) is 97.4 Å². The van der Waals surface area contributed by atoms with E-state index in [2.05, 4.69) is 13.8 Å². The summed E-state index contributed by atoms with van der Waals surface area (Å²) in [7, 11) is 0. The Kier molecular flexibility index (Phi) is 2.91. The highest BCUT2D eigenvalue weighted by Crippen LogP contribution is 2.61. The zero-order chi connectivity index (χ0) is 14.8. The highest BCUT2D eigenvalue weighted by molar-refractivity contribution is 5.45. The van der Waals surface area contributed by atoms with Crippen LogP contribution in [0.4, 0.5) is 0 Å². The Morgan fingerprint density at radius 3 is 2.76 bits per heavy atom. The summed E-state index contributed by atoms with van der Waals surface area (Å²) in [5, 5.41) is 20.3. The normalized spacial score (nSPS) is 41.3. The Balaban J connectivity index is 1.75. The zero-order valence-electron chi connectivity index (χ0n) is 13.1. The van der Waals surface area contributed by atoms with Crippen LogP contribution in [0.3, 0.4) is 0 Å². The average Bonchev–Trinajstić information content (AvgIpc) is 2.74. The first-order valence-electron chi connectivity index (χ1n) is 8.51. The lowest BCUT2D eigenvalue weighted by molar-refractivity contribution is -0.0227. The molecule has 0 radical (unpaired) electrons. The summed E-state index contributed by atoms with van der Waals surface area (Å²) < 4.78 is 0. The minimum Gasteiger partial charge on any atom is -0.508 e. The molecular formula is C19H26O2. The van der Waals surface area contributed by atoms with Crippen LogP contribution in [0.5, 0.6) is 5.75 Å². The lowest BCUT2D eigenvalue weighted by Gasteiger charge is -2.50. The summed E-state index contributed by atoms with van der Waals surface area (Å²) in [5.74, 6) is 2.49. The summed E-state index contributed by atoms with van der Waals surface area (Å²) in [6.07, 6.45) is 6.78. The van der Waals surface area contributed by atoms with E-state index in [1.165, 1.54) is 36.0 Å². The average molecular weight is 286 g/mol. The maximum absolute atomic E-state index is 10.4. The number of aryl methyl sites for hydroxylation is 2. The quantitative estimate of drug-likeness (QED) is 0.759. The summed E-state index contributed by atoms with van der Waals surface area (Å²) in [4.78, 5) is 0. The van der Waals surface area contributed by atoms with E-state index in [0.717, 1.165) is 25.2 Å². The molecule has 0 unspecified atom stereocenters. The monoisotopic (exact) mass is 286 g/mol. The molecule has 2 N–H and O–H groups in total. The van der Waals surface area contributed by atoms with Crippen molar-refractivity contribution in [3.05, 3.63) is 28.8 Å². The molecule has 0 amide bonds. The third kappa shape index (κ3) is 1.81. The Morgan fingerprint density at radius 1 is 1.14 bits per heavy atom. The van der Waals surface area contributed by atoms with Gasteiger partial charge in [-0.1, -0.05) is 6.92 Å². The molecule has 0 spiro atoms. The van der Waals surface area contributed by atoms with Crippen LogP contribution in [0.15, 0.2) is 12.1 Å². The van der Waals surface area contributed by atoms with Gasteiger partial charge >= 0.3 is 0 Å². The molecule has 2 fully saturated rings. The number of benzene rings is 1. The van der Waals surface area contributed by atoms with E-state index in [4.69, 9.17) is 0 Å². The van der Waals surface area contributed by atoms with Crippen LogP contribution >= 0.6 is 0 Å². The van der Waals surface area contributed by atoms with Gasteiger partial charge in [-0.25, -0.2) is 0 Å². The topological polar surface area (TPSA) is 40.5 Å². The number of hydrogen-bond donors (Lipinski definition) is 2. The lowest BCUT2D eigenvalue weighted by Crippen LogP contribution is -2.44.